The standard InChI is InChI=1S/C26H32FN5O4S2/c1-30(18-21-3-2-16-36-21)38(34,35)22-7-4-19(5-8-22)25(33)28-10-11-31-12-14-32(15-13-31)26-29-23-9-6-20(27)17-24(23)37-26/h4-9,17,21H,2-3,10-16,18H2,1H3,(H,28,33). The van der Waals surface area contributed by atoms with E-state index in [0.29, 0.717) is 31.8 Å². The number of hydrogen-bond donors (Lipinski definition) is 1. The van der Waals surface area contributed by atoms with Crippen LogP contribution in [0.15, 0.2) is 47.4 Å². The molecular weight excluding hydrogens is 529 g/mol. The fourth-order valence-electron chi connectivity index (χ4n) is 4.75. The number of carbonyl (C=O) groups excluding carboxylic acids is 1. The predicted molar refractivity (Wildman–Crippen MR) is 146 cm³/mol. The minimum absolute atomic E-state index is 0.0683. The van der Waals surface area contributed by atoms with Gasteiger partial charge in [-0.1, -0.05) is 11.3 Å². The van der Waals surface area contributed by atoms with Crippen molar-refractivity contribution < 1.29 is 22.3 Å². The number of amides is 1. The predicted octanol–water partition coefficient (Wildman–Crippen LogP) is 2.79. The normalized spacial score (nSPS) is 18.9. The average molecular weight is 562 g/mol. The van der Waals surface area contributed by atoms with E-state index in [0.717, 1.165) is 54.4 Å². The number of hydrogen-bond acceptors (Lipinski definition) is 8. The molecule has 12 heteroatoms. The first-order valence-electron chi connectivity index (χ1n) is 12.8. The van der Waals surface area contributed by atoms with Gasteiger partial charge < -0.3 is 15.0 Å². The van der Waals surface area contributed by atoms with Crippen LogP contribution in [0.1, 0.15) is 23.2 Å². The number of nitrogens with zero attached hydrogens (tertiary/aromatic N) is 4. The molecule has 2 aliphatic rings. The van der Waals surface area contributed by atoms with Gasteiger partial charge in [-0.15, -0.1) is 0 Å². The lowest BCUT2D eigenvalue weighted by Crippen LogP contribution is -2.48. The van der Waals surface area contributed by atoms with Gasteiger partial charge in [0.15, 0.2) is 5.13 Å². The number of anilines is 1. The molecule has 38 heavy (non-hydrogen) atoms. The Balaban J connectivity index is 1.07. The number of carbonyl (C=O) groups is 1. The summed E-state index contributed by atoms with van der Waals surface area (Å²) >= 11 is 1.50. The molecule has 3 aromatic rings. The van der Waals surface area contributed by atoms with Crippen molar-refractivity contribution in [3.8, 4) is 0 Å². The number of ether oxygens (including phenoxy) is 1. The van der Waals surface area contributed by atoms with E-state index in [1.807, 2.05) is 0 Å². The number of piperazine rings is 1. The fourth-order valence-corrected chi connectivity index (χ4v) is 6.99. The van der Waals surface area contributed by atoms with Gasteiger partial charge in [0.25, 0.3) is 5.91 Å². The average Bonchev–Trinajstić information content (AvgIpc) is 3.58. The van der Waals surface area contributed by atoms with Gasteiger partial charge in [0.1, 0.15) is 5.82 Å². The van der Waals surface area contributed by atoms with Crippen LogP contribution in [0, 0.1) is 5.82 Å². The van der Waals surface area contributed by atoms with Gasteiger partial charge in [-0.25, -0.2) is 17.8 Å². The number of thiazole rings is 1. The Kier molecular flexibility index (Phi) is 8.24. The summed E-state index contributed by atoms with van der Waals surface area (Å²) in [4.78, 5) is 21.9. The number of halogens is 1. The molecule has 1 N–H and O–H groups in total. The molecule has 2 aliphatic heterocycles. The van der Waals surface area contributed by atoms with Crippen molar-refractivity contribution in [3.63, 3.8) is 0 Å². The molecular formula is C26H32FN5O4S2. The van der Waals surface area contributed by atoms with Gasteiger partial charge in [0, 0.05) is 65.0 Å². The molecule has 5 rings (SSSR count). The molecule has 0 aliphatic carbocycles. The lowest BCUT2D eigenvalue weighted by molar-refractivity contribution is 0.0947. The van der Waals surface area contributed by atoms with Gasteiger partial charge in [-0.2, -0.15) is 4.31 Å². The first-order valence-corrected chi connectivity index (χ1v) is 15.0. The van der Waals surface area contributed by atoms with Crippen LogP contribution in [0.25, 0.3) is 10.2 Å². The largest absolute Gasteiger partial charge is 0.377 e. The maximum absolute atomic E-state index is 13.5. The smallest absolute Gasteiger partial charge is 0.251 e. The van der Waals surface area contributed by atoms with Crippen molar-refractivity contribution in [2.45, 2.75) is 23.8 Å². The fraction of sp³-hybridized carbons (Fsp3) is 0.462. The first-order chi connectivity index (χ1) is 18.3. The molecule has 3 heterocycles. The minimum Gasteiger partial charge on any atom is -0.377 e. The summed E-state index contributed by atoms with van der Waals surface area (Å²) < 4.78 is 46.9. The summed E-state index contributed by atoms with van der Waals surface area (Å²) in [6.07, 6.45) is 1.74. The third-order valence-electron chi connectivity index (χ3n) is 7.01. The maximum Gasteiger partial charge on any atom is 0.251 e. The third-order valence-corrected chi connectivity index (χ3v) is 9.92. The van der Waals surface area contributed by atoms with Crippen LogP contribution in [0.5, 0.6) is 0 Å². The number of aromatic nitrogens is 1. The van der Waals surface area contributed by atoms with Crippen LogP contribution >= 0.6 is 11.3 Å². The minimum atomic E-state index is -3.64. The van der Waals surface area contributed by atoms with E-state index in [-0.39, 0.29) is 22.7 Å². The van der Waals surface area contributed by atoms with E-state index < -0.39 is 10.0 Å². The van der Waals surface area contributed by atoms with Crippen molar-refractivity contribution in [2.24, 2.45) is 0 Å². The van der Waals surface area contributed by atoms with Crippen LogP contribution in [-0.2, 0) is 14.8 Å². The number of likely N-dealkylation sites (N-methyl/N-ethyl adjacent to an activating group) is 1. The summed E-state index contributed by atoms with van der Waals surface area (Å²) in [5, 5.41) is 3.83. The molecule has 2 saturated heterocycles. The summed E-state index contributed by atoms with van der Waals surface area (Å²) in [6.45, 7) is 5.50. The van der Waals surface area contributed by atoms with Crippen molar-refractivity contribution in [1.82, 2.24) is 19.5 Å². The van der Waals surface area contributed by atoms with E-state index >= 15 is 0 Å². The molecule has 0 saturated carbocycles. The van der Waals surface area contributed by atoms with Gasteiger partial charge in [0.05, 0.1) is 21.2 Å². The molecule has 1 atom stereocenters. The number of benzene rings is 2. The Morgan fingerprint density at radius 1 is 1.18 bits per heavy atom. The zero-order chi connectivity index (χ0) is 26.7. The first kappa shape index (κ1) is 26.9. The lowest BCUT2D eigenvalue weighted by atomic mass is 10.2. The number of fused-ring (bicyclic) bond motifs is 1. The second-order valence-electron chi connectivity index (χ2n) is 9.64. The van der Waals surface area contributed by atoms with E-state index in [1.165, 1.54) is 39.9 Å². The molecule has 2 aromatic carbocycles. The number of nitrogens with one attached hydrogen (secondary N) is 1. The Morgan fingerprint density at radius 3 is 2.66 bits per heavy atom. The highest BCUT2D eigenvalue weighted by Gasteiger charge is 2.26. The SMILES string of the molecule is CN(CC1CCCO1)S(=O)(=O)c1ccc(C(=O)NCCN2CCN(c3nc4ccc(F)cc4s3)CC2)cc1. The lowest BCUT2D eigenvalue weighted by Gasteiger charge is -2.34. The molecule has 0 radical (unpaired) electrons. The number of rotatable bonds is 9. The van der Waals surface area contributed by atoms with Gasteiger partial charge in [-0.3, -0.25) is 9.69 Å². The zero-order valence-electron chi connectivity index (χ0n) is 21.3. The summed E-state index contributed by atoms with van der Waals surface area (Å²) in [7, 11) is -2.09. The molecule has 2 fully saturated rings. The quantitative estimate of drug-likeness (QED) is 0.429. The van der Waals surface area contributed by atoms with Gasteiger partial charge in [0.2, 0.25) is 10.0 Å². The molecule has 1 unspecified atom stereocenters. The van der Waals surface area contributed by atoms with Crippen LogP contribution in [-0.4, -0.2) is 94.1 Å². The highest BCUT2D eigenvalue weighted by Crippen LogP contribution is 2.29. The molecule has 0 spiro atoms. The van der Waals surface area contributed by atoms with E-state index in [4.69, 9.17) is 4.74 Å². The Morgan fingerprint density at radius 2 is 1.95 bits per heavy atom. The van der Waals surface area contributed by atoms with E-state index in [1.54, 1.807) is 25.2 Å². The van der Waals surface area contributed by atoms with Crippen LogP contribution in [0.2, 0.25) is 0 Å². The van der Waals surface area contributed by atoms with Crippen LogP contribution in [0.4, 0.5) is 9.52 Å². The van der Waals surface area contributed by atoms with Gasteiger partial charge >= 0.3 is 0 Å². The van der Waals surface area contributed by atoms with E-state index in [2.05, 4.69) is 20.1 Å². The second kappa shape index (κ2) is 11.6. The topological polar surface area (TPSA) is 95.1 Å². The Labute approximate surface area is 226 Å². The van der Waals surface area contributed by atoms with Crippen molar-refractivity contribution in [1.29, 1.82) is 0 Å². The monoisotopic (exact) mass is 561 g/mol. The molecule has 1 amide bonds. The third kappa shape index (κ3) is 6.15. The Hall–Kier alpha value is -2.64. The van der Waals surface area contributed by atoms with Crippen molar-refractivity contribution in [3.05, 3.63) is 53.8 Å². The second-order valence-corrected chi connectivity index (χ2v) is 12.7. The summed E-state index contributed by atoms with van der Waals surface area (Å²) in [5.41, 5.74) is 1.23. The van der Waals surface area contributed by atoms with Crippen LogP contribution < -0.4 is 10.2 Å². The Bertz CT molecular complexity index is 1370. The summed E-state index contributed by atoms with van der Waals surface area (Å²) in [5.74, 6) is -0.486. The maximum atomic E-state index is 13.5. The zero-order valence-corrected chi connectivity index (χ0v) is 22.9. The molecule has 9 nitrogen and oxygen atoms in total. The van der Waals surface area contributed by atoms with Gasteiger partial charge in [-0.05, 0) is 55.3 Å². The highest BCUT2D eigenvalue weighted by molar-refractivity contribution is 7.89. The van der Waals surface area contributed by atoms with Crippen molar-refractivity contribution >= 4 is 42.6 Å². The molecule has 204 valence electrons. The summed E-state index contributed by atoms with van der Waals surface area (Å²) in [6, 6.07) is 10.7. The van der Waals surface area contributed by atoms with Crippen molar-refractivity contribution in [2.75, 3.05) is 64.4 Å². The van der Waals surface area contributed by atoms with E-state index in [9.17, 15) is 17.6 Å². The molecule has 1 aromatic heterocycles. The van der Waals surface area contributed by atoms with Crippen LogP contribution in [0.3, 0.4) is 0 Å². The highest BCUT2D eigenvalue weighted by atomic mass is 32.2. The molecule has 0 bridgehead atoms. The number of sulfonamides is 1.